The number of hydrogen-bond acceptors (Lipinski definition) is 4. The molecule has 1 aromatic heterocycles. The molecule has 3 rings (SSSR count). The molecule has 0 aliphatic heterocycles. The maximum absolute atomic E-state index is 6.04. The molecule has 106 valence electrons. The number of rotatable bonds is 6. The summed E-state index contributed by atoms with van der Waals surface area (Å²) in [5.41, 5.74) is 0. The van der Waals surface area contributed by atoms with Gasteiger partial charge in [0.25, 0.3) is 0 Å². The first kappa shape index (κ1) is 14.0. The summed E-state index contributed by atoms with van der Waals surface area (Å²) in [6.45, 7) is 0.559. The van der Waals surface area contributed by atoms with Gasteiger partial charge in [-0.25, -0.2) is 0 Å². The molecule has 0 N–H and O–H groups in total. The molecule has 20 heavy (non-hydrogen) atoms. The lowest BCUT2D eigenvalue weighted by molar-refractivity contribution is 0.344. The van der Waals surface area contributed by atoms with Crippen LogP contribution < -0.4 is 4.74 Å². The van der Waals surface area contributed by atoms with E-state index in [0.717, 1.165) is 10.9 Å². The van der Waals surface area contributed by atoms with E-state index in [0.29, 0.717) is 28.4 Å². The van der Waals surface area contributed by atoms with Crippen LogP contribution in [0.25, 0.3) is 0 Å². The van der Waals surface area contributed by atoms with Crippen molar-refractivity contribution in [2.75, 3.05) is 12.4 Å². The van der Waals surface area contributed by atoms with Crippen molar-refractivity contribution in [3.05, 3.63) is 34.6 Å². The van der Waals surface area contributed by atoms with E-state index in [4.69, 9.17) is 27.9 Å². The first-order valence-electron chi connectivity index (χ1n) is 6.34. The Bertz CT molecular complexity index is 601. The third kappa shape index (κ3) is 3.40. The molecule has 0 saturated heterocycles. The second kappa shape index (κ2) is 6.24. The topological polar surface area (TPSA) is 39.9 Å². The van der Waals surface area contributed by atoms with Crippen LogP contribution in [0.15, 0.2) is 29.7 Å². The quantitative estimate of drug-likeness (QED) is 0.591. The van der Waals surface area contributed by atoms with E-state index in [-0.39, 0.29) is 0 Å². The minimum absolute atomic E-state index is 0.531. The van der Waals surface area contributed by atoms with Crippen molar-refractivity contribution < 1.29 is 4.74 Å². The first-order valence-corrected chi connectivity index (χ1v) is 8.08. The van der Waals surface area contributed by atoms with Gasteiger partial charge in [0.2, 0.25) is 0 Å². The second-order valence-electron chi connectivity index (χ2n) is 4.52. The Balaban J connectivity index is 1.49. The normalized spacial score (nSPS) is 14.5. The van der Waals surface area contributed by atoms with Crippen molar-refractivity contribution in [1.29, 1.82) is 0 Å². The lowest BCUT2D eigenvalue weighted by Gasteiger charge is -2.08. The lowest BCUT2D eigenvalue weighted by Crippen LogP contribution is -2.02. The largest absolute Gasteiger partial charge is 0.491 e. The van der Waals surface area contributed by atoms with Gasteiger partial charge < -0.3 is 9.30 Å². The Morgan fingerprint density at radius 1 is 1.35 bits per heavy atom. The maximum Gasteiger partial charge on any atom is 0.191 e. The highest BCUT2D eigenvalue weighted by Crippen LogP contribution is 2.37. The van der Waals surface area contributed by atoms with Gasteiger partial charge >= 0.3 is 0 Å². The molecule has 1 aromatic carbocycles. The van der Waals surface area contributed by atoms with Crippen molar-refractivity contribution in [3.8, 4) is 5.75 Å². The molecular formula is C13H13Cl2N3OS. The lowest BCUT2D eigenvalue weighted by atomic mass is 10.3. The SMILES string of the molecule is Clc1ccc(OCCSc2nncn2C2CC2)c(Cl)c1. The Hall–Kier alpha value is -0.910. The summed E-state index contributed by atoms with van der Waals surface area (Å²) in [4.78, 5) is 0. The van der Waals surface area contributed by atoms with E-state index in [1.165, 1.54) is 12.8 Å². The van der Waals surface area contributed by atoms with E-state index in [9.17, 15) is 0 Å². The van der Waals surface area contributed by atoms with Crippen LogP contribution in [0, 0.1) is 0 Å². The molecule has 0 radical (unpaired) electrons. The number of benzene rings is 1. The molecule has 0 spiro atoms. The van der Waals surface area contributed by atoms with Gasteiger partial charge in [0, 0.05) is 16.8 Å². The fraction of sp³-hybridized carbons (Fsp3) is 0.385. The number of hydrogen-bond donors (Lipinski definition) is 0. The fourth-order valence-electron chi connectivity index (χ4n) is 1.82. The molecule has 0 bridgehead atoms. The molecule has 1 heterocycles. The summed E-state index contributed by atoms with van der Waals surface area (Å²) >= 11 is 13.5. The predicted molar refractivity (Wildman–Crippen MR) is 81.0 cm³/mol. The van der Waals surface area contributed by atoms with Crippen LogP contribution in [-0.4, -0.2) is 27.1 Å². The van der Waals surface area contributed by atoms with Crippen molar-refractivity contribution in [3.63, 3.8) is 0 Å². The summed E-state index contributed by atoms with van der Waals surface area (Å²) in [7, 11) is 0. The highest BCUT2D eigenvalue weighted by molar-refractivity contribution is 7.99. The van der Waals surface area contributed by atoms with Gasteiger partial charge in [-0.3, -0.25) is 0 Å². The fourth-order valence-corrected chi connectivity index (χ4v) is 3.08. The molecule has 1 fully saturated rings. The summed E-state index contributed by atoms with van der Waals surface area (Å²) in [6.07, 6.45) is 4.25. The number of halogens is 2. The Morgan fingerprint density at radius 3 is 2.95 bits per heavy atom. The molecule has 0 unspecified atom stereocenters. The van der Waals surface area contributed by atoms with Crippen LogP contribution in [0.4, 0.5) is 0 Å². The van der Waals surface area contributed by atoms with Crippen LogP contribution in [0.3, 0.4) is 0 Å². The van der Waals surface area contributed by atoms with Crippen molar-refractivity contribution >= 4 is 35.0 Å². The van der Waals surface area contributed by atoms with Gasteiger partial charge in [-0.1, -0.05) is 35.0 Å². The summed E-state index contributed by atoms with van der Waals surface area (Å²) < 4.78 is 7.78. The molecule has 1 aliphatic rings. The minimum atomic E-state index is 0.531. The first-order chi connectivity index (χ1) is 9.74. The number of aromatic nitrogens is 3. The Kier molecular flexibility index (Phi) is 4.38. The maximum atomic E-state index is 6.04. The van der Waals surface area contributed by atoms with Crippen LogP contribution >= 0.6 is 35.0 Å². The number of thioether (sulfide) groups is 1. The molecule has 0 atom stereocenters. The smallest absolute Gasteiger partial charge is 0.191 e. The standard InChI is InChI=1S/C13H13Cl2N3OS/c14-9-1-4-12(11(15)7-9)19-5-6-20-13-17-16-8-18(13)10-2-3-10/h1,4,7-8,10H,2-3,5-6H2. The zero-order valence-electron chi connectivity index (χ0n) is 10.6. The second-order valence-corrected chi connectivity index (χ2v) is 6.43. The monoisotopic (exact) mass is 329 g/mol. The summed E-state index contributed by atoms with van der Waals surface area (Å²) in [5.74, 6) is 1.45. The minimum Gasteiger partial charge on any atom is -0.491 e. The predicted octanol–water partition coefficient (Wildman–Crippen LogP) is 4.09. The van der Waals surface area contributed by atoms with Gasteiger partial charge in [-0.2, -0.15) is 0 Å². The van der Waals surface area contributed by atoms with Gasteiger partial charge in [0.05, 0.1) is 11.6 Å². The Labute approximate surface area is 131 Å². The van der Waals surface area contributed by atoms with Crippen LogP contribution in [0.2, 0.25) is 10.0 Å². The number of nitrogens with zero attached hydrogens (tertiary/aromatic N) is 3. The zero-order valence-corrected chi connectivity index (χ0v) is 13.0. The molecule has 4 nitrogen and oxygen atoms in total. The highest BCUT2D eigenvalue weighted by atomic mass is 35.5. The van der Waals surface area contributed by atoms with Crippen molar-refractivity contribution in [2.24, 2.45) is 0 Å². The zero-order chi connectivity index (χ0) is 13.9. The molecule has 1 aliphatic carbocycles. The third-order valence-corrected chi connectivity index (χ3v) is 4.40. The van der Waals surface area contributed by atoms with Crippen molar-refractivity contribution in [2.45, 2.75) is 24.0 Å². The van der Waals surface area contributed by atoms with Gasteiger partial charge in [0.15, 0.2) is 5.16 Å². The third-order valence-electron chi connectivity index (χ3n) is 2.95. The molecule has 2 aromatic rings. The molecular weight excluding hydrogens is 317 g/mol. The summed E-state index contributed by atoms with van der Waals surface area (Å²) in [6, 6.07) is 5.82. The van der Waals surface area contributed by atoms with E-state index in [1.54, 1.807) is 36.3 Å². The molecule has 7 heteroatoms. The highest BCUT2D eigenvalue weighted by Gasteiger charge is 2.26. The van der Waals surface area contributed by atoms with Crippen LogP contribution in [0.5, 0.6) is 5.75 Å². The number of ether oxygens (including phenoxy) is 1. The van der Waals surface area contributed by atoms with Gasteiger partial charge in [-0.15, -0.1) is 10.2 Å². The average molecular weight is 330 g/mol. The van der Waals surface area contributed by atoms with Crippen LogP contribution in [-0.2, 0) is 0 Å². The Morgan fingerprint density at radius 2 is 2.20 bits per heavy atom. The van der Waals surface area contributed by atoms with Gasteiger partial charge in [-0.05, 0) is 31.0 Å². The van der Waals surface area contributed by atoms with Crippen LogP contribution in [0.1, 0.15) is 18.9 Å². The van der Waals surface area contributed by atoms with E-state index in [1.807, 2.05) is 0 Å². The molecule has 1 saturated carbocycles. The average Bonchev–Trinajstić information content (AvgIpc) is 3.16. The van der Waals surface area contributed by atoms with Gasteiger partial charge in [0.1, 0.15) is 12.1 Å². The van der Waals surface area contributed by atoms with Crippen molar-refractivity contribution in [1.82, 2.24) is 14.8 Å². The summed E-state index contributed by atoms with van der Waals surface area (Å²) in [5, 5.41) is 10.2. The van der Waals surface area contributed by atoms with E-state index < -0.39 is 0 Å². The molecule has 0 amide bonds. The van der Waals surface area contributed by atoms with E-state index in [2.05, 4.69) is 14.8 Å². The van der Waals surface area contributed by atoms with E-state index >= 15 is 0 Å².